The first-order valence-electron chi connectivity index (χ1n) is 9.37. The van der Waals surface area contributed by atoms with Crippen LogP contribution < -0.4 is 10.6 Å². The first-order valence-corrected chi connectivity index (χ1v) is 9.37. The minimum absolute atomic E-state index is 0.0866. The molecule has 1 spiro atoms. The topological polar surface area (TPSA) is 78.5 Å². The van der Waals surface area contributed by atoms with Gasteiger partial charge in [-0.1, -0.05) is 45.7 Å². The number of benzene rings is 1. The van der Waals surface area contributed by atoms with Crippen molar-refractivity contribution in [3.05, 3.63) is 29.8 Å². The van der Waals surface area contributed by atoms with Crippen molar-refractivity contribution in [1.82, 2.24) is 10.2 Å². The molecule has 0 bridgehead atoms. The van der Waals surface area contributed by atoms with E-state index in [4.69, 9.17) is 0 Å². The maximum absolute atomic E-state index is 12.9. The lowest BCUT2D eigenvalue weighted by Gasteiger charge is -2.36. The van der Waals surface area contributed by atoms with Crippen molar-refractivity contribution < 1.29 is 14.4 Å². The highest BCUT2D eigenvalue weighted by molar-refractivity contribution is 6.10. The molecule has 4 amide bonds. The van der Waals surface area contributed by atoms with Gasteiger partial charge in [0.05, 0.1) is 0 Å². The van der Waals surface area contributed by atoms with Crippen molar-refractivity contribution in [2.24, 2.45) is 5.92 Å². The van der Waals surface area contributed by atoms with Crippen LogP contribution in [0.2, 0.25) is 0 Å². The second kappa shape index (κ2) is 7.09. The van der Waals surface area contributed by atoms with Crippen molar-refractivity contribution >= 4 is 23.5 Å². The lowest BCUT2D eigenvalue weighted by molar-refractivity contribution is -0.136. The van der Waals surface area contributed by atoms with Gasteiger partial charge in [0, 0.05) is 5.69 Å². The average molecular weight is 357 g/mol. The molecule has 1 saturated carbocycles. The van der Waals surface area contributed by atoms with Gasteiger partial charge in [-0.25, -0.2) is 4.79 Å². The smallest absolute Gasteiger partial charge is 0.325 e. The van der Waals surface area contributed by atoms with Crippen LogP contribution in [0.3, 0.4) is 0 Å². The molecule has 0 unspecified atom stereocenters. The molecular weight excluding hydrogens is 330 g/mol. The Balaban J connectivity index is 1.68. The van der Waals surface area contributed by atoms with E-state index < -0.39 is 11.6 Å². The molecule has 2 atom stereocenters. The number of anilines is 1. The van der Waals surface area contributed by atoms with Crippen molar-refractivity contribution in [1.29, 1.82) is 0 Å². The molecular formula is C20H27N3O3. The van der Waals surface area contributed by atoms with Gasteiger partial charge in [0.25, 0.3) is 5.91 Å². The molecule has 2 aliphatic rings. The molecule has 1 aromatic carbocycles. The van der Waals surface area contributed by atoms with E-state index >= 15 is 0 Å². The maximum atomic E-state index is 12.9. The second-order valence-corrected chi connectivity index (χ2v) is 7.77. The highest BCUT2D eigenvalue weighted by atomic mass is 16.2. The molecule has 0 aromatic heterocycles. The van der Waals surface area contributed by atoms with Crippen LogP contribution >= 0.6 is 0 Å². The van der Waals surface area contributed by atoms with Gasteiger partial charge in [0.15, 0.2) is 0 Å². The Bertz CT molecular complexity index is 731. The summed E-state index contributed by atoms with van der Waals surface area (Å²) < 4.78 is 0. The number of amides is 4. The molecule has 140 valence electrons. The Hall–Kier alpha value is -2.37. The van der Waals surface area contributed by atoms with Crippen molar-refractivity contribution in [3.8, 4) is 0 Å². The third-order valence-corrected chi connectivity index (χ3v) is 5.64. The lowest BCUT2D eigenvalue weighted by Crippen LogP contribution is -2.54. The Morgan fingerprint density at radius 2 is 2.12 bits per heavy atom. The largest absolute Gasteiger partial charge is 0.325 e. The number of urea groups is 1. The van der Waals surface area contributed by atoms with Crippen LogP contribution in [0.4, 0.5) is 10.5 Å². The summed E-state index contributed by atoms with van der Waals surface area (Å²) in [5.74, 6) is -0.190. The predicted molar refractivity (Wildman–Crippen MR) is 99.8 cm³/mol. The molecule has 1 aromatic rings. The standard InChI is InChI=1S/C20H27N3O3/c1-13(2)15-8-6-9-16(11-15)21-17(24)12-23-18(25)20(22-19(23)26)10-5-4-7-14(20)3/h6,8-9,11,13-14H,4-5,7,10,12H2,1-3H3,(H,21,24)(H,22,26)/t14-,20-/m1/s1. The van der Waals surface area contributed by atoms with E-state index in [1.165, 1.54) is 0 Å². The van der Waals surface area contributed by atoms with E-state index in [-0.39, 0.29) is 24.3 Å². The van der Waals surface area contributed by atoms with Gasteiger partial charge in [-0.3, -0.25) is 14.5 Å². The summed E-state index contributed by atoms with van der Waals surface area (Å²) in [7, 11) is 0. The number of rotatable bonds is 4. The maximum Gasteiger partial charge on any atom is 0.325 e. The van der Waals surface area contributed by atoms with Crippen LogP contribution in [0.15, 0.2) is 24.3 Å². The van der Waals surface area contributed by atoms with Crippen LogP contribution in [-0.2, 0) is 9.59 Å². The highest BCUT2D eigenvalue weighted by Crippen LogP contribution is 2.38. The van der Waals surface area contributed by atoms with Crippen molar-refractivity contribution in [3.63, 3.8) is 0 Å². The number of carbonyl (C=O) groups excluding carboxylic acids is 3. The molecule has 1 saturated heterocycles. The quantitative estimate of drug-likeness (QED) is 0.812. The first-order chi connectivity index (χ1) is 12.3. The average Bonchev–Trinajstić information content (AvgIpc) is 2.83. The molecule has 26 heavy (non-hydrogen) atoms. The molecule has 6 nitrogen and oxygen atoms in total. The SMILES string of the molecule is CC(C)c1cccc(NC(=O)CN2C(=O)N[C@@]3(CCCC[C@H]3C)C2=O)c1. The molecule has 1 aliphatic heterocycles. The van der Waals surface area contributed by atoms with E-state index in [1.807, 2.05) is 25.1 Å². The summed E-state index contributed by atoms with van der Waals surface area (Å²) in [6, 6.07) is 7.15. The Labute approximate surface area is 154 Å². The van der Waals surface area contributed by atoms with Gasteiger partial charge < -0.3 is 10.6 Å². The van der Waals surface area contributed by atoms with Gasteiger partial charge in [0.1, 0.15) is 12.1 Å². The molecule has 1 aliphatic carbocycles. The number of carbonyl (C=O) groups is 3. The van der Waals surface area contributed by atoms with Gasteiger partial charge in [-0.2, -0.15) is 0 Å². The zero-order valence-corrected chi connectivity index (χ0v) is 15.7. The van der Waals surface area contributed by atoms with Crippen molar-refractivity contribution in [2.45, 2.75) is 57.9 Å². The Morgan fingerprint density at radius 1 is 1.35 bits per heavy atom. The summed E-state index contributed by atoms with van der Waals surface area (Å²) in [5, 5.41) is 5.66. The van der Waals surface area contributed by atoms with Crippen LogP contribution in [0.1, 0.15) is 57.9 Å². The fourth-order valence-corrected chi connectivity index (χ4v) is 3.96. The van der Waals surface area contributed by atoms with E-state index in [2.05, 4.69) is 24.5 Å². The molecule has 6 heteroatoms. The molecule has 1 heterocycles. The second-order valence-electron chi connectivity index (χ2n) is 7.77. The number of hydrogen-bond acceptors (Lipinski definition) is 3. The fourth-order valence-electron chi connectivity index (χ4n) is 3.96. The summed E-state index contributed by atoms with van der Waals surface area (Å²) in [5.41, 5.74) is 0.967. The fraction of sp³-hybridized carbons (Fsp3) is 0.550. The van der Waals surface area contributed by atoms with Gasteiger partial charge in [-0.15, -0.1) is 0 Å². The van der Waals surface area contributed by atoms with Crippen LogP contribution in [0, 0.1) is 5.92 Å². The summed E-state index contributed by atoms with van der Waals surface area (Å²) in [6.45, 7) is 5.90. The first kappa shape index (κ1) is 18.4. The highest BCUT2D eigenvalue weighted by Gasteiger charge is 2.55. The molecule has 3 rings (SSSR count). The van der Waals surface area contributed by atoms with E-state index in [9.17, 15) is 14.4 Å². The predicted octanol–water partition coefficient (Wildman–Crippen LogP) is 3.25. The van der Waals surface area contributed by atoms with Crippen LogP contribution in [0.5, 0.6) is 0 Å². The normalized spacial score (nSPS) is 25.7. The summed E-state index contributed by atoms with van der Waals surface area (Å²) in [4.78, 5) is 38.7. The van der Waals surface area contributed by atoms with Crippen LogP contribution in [0.25, 0.3) is 0 Å². The van der Waals surface area contributed by atoms with Crippen LogP contribution in [-0.4, -0.2) is 34.8 Å². The minimum Gasteiger partial charge on any atom is -0.325 e. The zero-order valence-electron chi connectivity index (χ0n) is 15.7. The lowest BCUT2D eigenvalue weighted by atomic mass is 9.73. The Morgan fingerprint density at radius 3 is 2.81 bits per heavy atom. The number of nitrogens with zero attached hydrogens (tertiary/aromatic N) is 1. The van der Waals surface area contributed by atoms with E-state index in [0.29, 0.717) is 18.0 Å². The van der Waals surface area contributed by atoms with Crippen molar-refractivity contribution in [2.75, 3.05) is 11.9 Å². The zero-order chi connectivity index (χ0) is 18.9. The Kier molecular flexibility index (Phi) is 5.03. The number of nitrogens with one attached hydrogen (secondary N) is 2. The monoisotopic (exact) mass is 357 g/mol. The van der Waals surface area contributed by atoms with E-state index in [1.54, 1.807) is 6.07 Å². The summed E-state index contributed by atoms with van der Waals surface area (Å²) >= 11 is 0. The molecule has 0 radical (unpaired) electrons. The number of hydrogen-bond donors (Lipinski definition) is 2. The van der Waals surface area contributed by atoms with Gasteiger partial charge >= 0.3 is 6.03 Å². The number of imide groups is 1. The summed E-state index contributed by atoms with van der Waals surface area (Å²) in [6.07, 6.45) is 3.54. The molecule has 2 N–H and O–H groups in total. The molecule has 2 fully saturated rings. The third-order valence-electron chi connectivity index (χ3n) is 5.64. The van der Waals surface area contributed by atoms with E-state index in [0.717, 1.165) is 29.7 Å². The van der Waals surface area contributed by atoms with Gasteiger partial charge in [-0.05, 0) is 42.4 Å². The minimum atomic E-state index is -0.826. The van der Waals surface area contributed by atoms with Gasteiger partial charge in [0.2, 0.25) is 5.91 Å². The third kappa shape index (κ3) is 3.32.